The highest BCUT2D eigenvalue weighted by Crippen LogP contribution is 2.06. The van der Waals surface area contributed by atoms with Gasteiger partial charge in [-0.2, -0.15) is 5.10 Å². The van der Waals surface area contributed by atoms with E-state index < -0.39 is 6.04 Å². The molecule has 6 heteroatoms. The number of hydrogen-bond donors (Lipinski definition) is 2. The van der Waals surface area contributed by atoms with Crippen LogP contribution in [0.5, 0.6) is 0 Å². The molecule has 1 aromatic carbocycles. The number of carbonyl (C=O) groups excluding carboxylic acids is 1. The van der Waals surface area contributed by atoms with E-state index in [0.717, 1.165) is 18.5 Å². The molecule has 22 heavy (non-hydrogen) atoms. The molecule has 2 aromatic rings. The lowest BCUT2D eigenvalue weighted by atomic mass is 10.1. The third-order valence-electron chi connectivity index (χ3n) is 3.26. The van der Waals surface area contributed by atoms with Crippen molar-refractivity contribution in [2.24, 2.45) is 5.73 Å². The first-order valence-corrected chi connectivity index (χ1v) is 7.32. The Morgan fingerprint density at radius 2 is 2.14 bits per heavy atom. The third-order valence-corrected chi connectivity index (χ3v) is 3.26. The van der Waals surface area contributed by atoms with Crippen LogP contribution in [0.2, 0.25) is 0 Å². The summed E-state index contributed by atoms with van der Waals surface area (Å²) in [4.78, 5) is 12.1. The van der Waals surface area contributed by atoms with E-state index in [2.05, 4.69) is 10.4 Å². The van der Waals surface area contributed by atoms with Gasteiger partial charge in [0, 0.05) is 32.5 Å². The maximum Gasteiger partial charge on any atom is 0.242 e. The standard InChI is InChI=1S/C16H22N4O2/c1-22-11-5-9-20-10-8-15(19-20)18-16(21)14(17)12-13-6-3-2-4-7-13/h2-4,6-8,10,14H,5,9,11-12,17H2,1H3,(H,18,19,21)/t14-/m0/s1. The number of aromatic nitrogens is 2. The largest absolute Gasteiger partial charge is 0.385 e. The van der Waals surface area contributed by atoms with E-state index in [1.54, 1.807) is 17.9 Å². The van der Waals surface area contributed by atoms with Gasteiger partial charge < -0.3 is 15.8 Å². The maximum absolute atomic E-state index is 12.1. The van der Waals surface area contributed by atoms with Gasteiger partial charge in [0.15, 0.2) is 5.82 Å². The third kappa shape index (κ3) is 4.98. The zero-order chi connectivity index (χ0) is 15.8. The number of nitrogens with one attached hydrogen (secondary N) is 1. The van der Waals surface area contributed by atoms with Gasteiger partial charge >= 0.3 is 0 Å². The number of aryl methyl sites for hydroxylation is 1. The van der Waals surface area contributed by atoms with Crippen molar-refractivity contribution >= 4 is 11.7 Å². The molecule has 0 bridgehead atoms. The summed E-state index contributed by atoms with van der Waals surface area (Å²) in [6.45, 7) is 1.43. The first-order valence-electron chi connectivity index (χ1n) is 7.32. The molecule has 2 rings (SSSR count). The summed E-state index contributed by atoms with van der Waals surface area (Å²) in [7, 11) is 1.67. The molecular weight excluding hydrogens is 280 g/mol. The molecule has 0 aliphatic heterocycles. The minimum absolute atomic E-state index is 0.231. The van der Waals surface area contributed by atoms with Gasteiger partial charge in [-0.05, 0) is 18.4 Å². The van der Waals surface area contributed by atoms with Gasteiger partial charge in [0.25, 0.3) is 0 Å². The fourth-order valence-electron chi connectivity index (χ4n) is 2.10. The van der Waals surface area contributed by atoms with Gasteiger partial charge in [-0.15, -0.1) is 0 Å². The summed E-state index contributed by atoms with van der Waals surface area (Å²) in [5.74, 6) is 0.289. The summed E-state index contributed by atoms with van der Waals surface area (Å²) in [5.41, 5.74) is 6.98. The van der Waals surface area contributed by atoms with Crippen LogP contribution in [0.25, 0.3) is 0 Å². The first kappa shape index (κ1) is 16.2. The number of carbonyl (C=O) groups is 1. The Bertz CT molecular complexity index is 583. The molecule has 1 atom stereocenters. The summed E-state index contributed by atoms with van der Waals surface area (Å²) < 4.78 is 6.77. The Balaban J connectivity index is 1.83. The predicted molar refractivity (Wildman–Crippen MR) is 85.5 cm³/mol. The van der Waals surface area contributed by atoms with Gasteiger partial charge in [0.1, 0.15) is 0 Å². The van der Waals surface area contributed by atoms with E-state index >= 15 is 0 Å². The molecule has 1 heterocycles. The van der Waals surface area contributed by atoms with Crippen molar-refractivity contribution in [1.29, 1.82) is 0 Å². The normalized spacial score (nSPS) is 12.1. The highest BCUT2D eigenvalue weighted by atomic mass is 16.5. The molecule has 118 valence electrons. The van der Waals surface area contributed by atoms with Crippen molar-refractivity contribution in [2.45, 2.75) is 25.4 Å². The Kier molecular flexibility index (Phi) is 6.12. The summed E-state index contributed by atoms with van der Waals surface area (Å²) in [6, 6.07) is 10.9. The molecule has 1 amide bonds. The molecular formula is C16H22N4O2. The van der Waals surface area contributed by atoms with E-state index in [0.29, 0.717) is 18.8 Å². The van der Waals surface area contributed by atoms with Crippen LogP contribution < -0.4 is 11.1 Å². The van der Waals surface area contributed by atoms with Crippen molar-refractivity contribution in [1.82, 2.24) is 9.78 Å². The van der Waals surface area contributed by atoms with Crippen LogP contribution in [0.15, 0.2) is 42.6 Å². The van der Waals surface area contributed by atoms with Crippen LogP contribution in [0.3, 0.4) is 0 Å². The average Bonchev–Trinajstić information content (AvgIpc) is 2.96. The van der Waals surface area contributed by atoms with Crippen molar-refractivity contribution in [2.75, 3.05) is 19.0 Å². The van der Waals surface area contributed by atoms with Crippen LogP contribution in [0.4, 0.5) is 5.82 Å². The fourth-order valence-corrected chi connectivity index (χ4v) is 2.10. The predicted octanol–water partition coefficient (Wildman–Crippen LogP) is 1.43. The maximum atomic E-state index is 12.1. The number of hydrogen-bond acceptors (Lipinski definition) is 4. The highest BCUT2D eigenvalue weighted by Gasteiger charge is 2.15. The molecule has 0 saturated heterocycles. The molecule has 0 fully saturated rings. The molecule has 1 aromatic heterocycles. The van der Waals surface area contributed by atoms with E-state index in [1.165, 1.54) is 0 Å². The van der Waals surface area contributed by atoms with E-state index in [-0.39, 0.29) is 5.91 Å². The highest BCUT2D eigenvalue weighted by molar-refractivity contribution is 5.94. The molecule has 6 nitrogen and oxygen atoms in total. The number of amides is 1. The topological polar surface area (TPSA) is 82.2 Å². The van der Waals surface area contributed by atoms with Crippen molar-refractivity contribution in [3.8, 4) is 0 Å². The average molecular weight is 302 g/mol. The minimum Gasteiger partial charge on any atom is -0.385 e. The number of benzene rings is 1. The first-order chi connectivity index (χ1) is 10.7. The SMILES string of the molecule is COCCCn1ccc(NC(=O)[C@@H](N)Cc2ccccc2)n1. The minimum atomic E-state index is -0.596. The summed E-state index contributed by atoms with van der Waals surface area (Å²) in [6.07, 6.45) is 3.20. The number of rotatable bonds is 8. The zero-order valence-electron chi connectivity index (χ0n) is 12.7. The van der Waals surface area contributed by atoms with Crippen LogP contribution >= 0.6 is 0 Å². The number of anilines is 1. The van der Waals surface area contributed by atoms with Gasteiger partial charge in [-0.25, -0.2) is 0 Å². The quantitative estimate of drug-likeness (QED) is 0.723. The molecule has 0 saturated carbocycles. The Morgan fingerprint density at radius 3 is 2.86 bits per heavy atom. The smallest absolute Gasteiger partial charge is 0.242 e. The number of ether oxygens (including phenoxy) is 1. The van der Waals surface area contributed by atoms with Gasteiger partial charge in [0.05, 0.1) is 6.04 Å². The van der Waals surface area contributed by atoms with Crippen molar-refractivity contribution < 1.29 is 9.53 Å². The van der Waals surface area contributed by atoms with Crippen LogP contribution in [0, 0.1) is 0 Å². The van der Waals surface area contributed by atoms with E-state index in [9.17, 15) is 4.79 Å². The van der Waals surface area contributed by atoms with Gasteiger partial charge in [-0.3, -0.25) is 9.48 Å². The second-order valence-corrected chi connectivity index (χ2v) is 5.10. The van der Waals surface area contributed by atoms with Crippen LogP contribution in [-0.4, -0.2) is 35.4 Å². The number of nitrogens with two attached hydrogens (primary N) is 1. The Morgan fingerprint density at radius 1 is 1.36 bits per heavy atom. The second-order valence-electron chi connectivity index (χ2n) is 5.10. The summed E-state index contributed by atoms with van der Waals surface area (Å²) >= 11 is 0. The lowest BCUT2D eigenvalue weighted by Crippen LogP contribution is -2.37. The van der Waals surface area contributed by atoms with Gasteiger partial charge in [0.2, 0.25) is 5.91 Å². The van der Waals surface area contributed by atoms with E-state index in [1.807, 2.05) is 36.5 Å². The molecule has 0 aliphatic rings. The fraction of sp³-hybridized carbons (Fsp3) is 0.375. The van der Waals surface area contributed by atoms with Crippen molar-refractivity contribution in [3.63, 3.8) is 0 Å². The van der Waals surface area contributed by atoms with E-state index in [4.69, 9.17) is 10.5 Å². The lowest BCUT2D eigenvalue weighted by Gasteiger charge is -2.10. The summed E-state index contributed by atoms with van der Waals surface area (Å²) in [5, 5.41) is 7.03. The Hall–Kier alpha value is -2.18. The van der Waals surface area contributed by atoms with Crippen molar-refractivity contribution in [3.05, 3.63) is 48.2 Å². The molecule has 0 spiro atoms. The van der Waals surface area contributed by atoms with Gasteiger partial charge in [-0.1, -0.05) is 30.3 Å². The number of methoxy groups -OCH3 is 1. The molecule has 0 aliphatic carbocycles. The van der Waals surface area contributed by atoms with Crippen LogP contribution in [0.1, 0.15) is 12.0 Å². The zero-order valence-corrected chi connectivity index (χ0v) is 12.7. The van der Waals surface area contributed by atoms with Crippen LogP contribution in [-0.2, 0) is 22.5 Å². The lowest BCUT2D eigenvalue weighted by molar-refractivity contribution is -0.117. The monoisotopic (exact) mass is 302 g/mol. The molecule has 3 N–H and O–H groups in total. The second kappa shape index (κ2) is 8.31. The molecule has 0 radical (unpaired) electrons. The number of nitrogens with zero attached hydrogens (tertiary/aromatic N) is 2. The molecule has 0 unspecified atom stereocenters. The Labute approximate surface area is 130 Å².